The van der Waals surface area contributed by atoms with Crippen LogP contribution in [0.2, 0.25) is 0 Å². The van der Waals surface area contributed by atoms with Crippen molar-refractivity contribution in [2.75, 3.05) is 73.8 Å². The Labute approximate surface area is 247 Å². The first-order valence-electron chi connectivity index (χ1n) is 14.2. The highest BCUT2D eigenvalue weighted by atomic mass is 16.5. The van der Waals surface area contributed by atoms with Crippen molar-refractivity contribution in [3.05, 3.63) is 77.7 Å². The third-order valence-electron chi connectivity index (χ3n) is 7.33. The third-order valence-corrected chi connectivity index (χ3v) is 7.33. The van der Waals surface area contributed by atoms with Gasteiger partial charge in [-0.1, -0.05) is 12.1 Å². The molecule has 1 aliphatic rings. The van der Waals surface area contributed by atoms with Crippen LogP contribution in [-0.2, 0) is 22.5 Å². The second kappa shape index (κ2) is 15.8. The molecule has 2 aromatic carbocycles. The molecule has 226 valence electrons. The van der Waals surface area contributed by atoms with Gasteiger partial charge in [0, 0.05) is 38.3 Å². The SMILES string of the molecule is COc1cccc(C(=O)N(CCCN2CCOCC2)CC(=O)N(CCc2ccc(OC)c(OC)c2)Cc2ccco2)c1. The Morgan fingerprint density at radius 3 is 2.40 bits per heavy atom. The number of methoxy groups -OCH3 is 3. The zero-order valence-corrected chi connectivity index (χ0v) is 24.8. The molecule has 2 heterocycles. The summed E-state index contributed by atoms with van der Waals surface area (Å²) in [5.74, 6) is 2.18. The van der Waals surface area contributed by atoms with Crippen LogP contribution < -0.4 is 14.2 Å². The Balaban J connectivity index is 1.49. The van der Waals surface area contributed by atoms with Gasteiger partial charge in [-0.2, -0.15) is 0 Å². The van der Waals surface area contributed by atoms with Gasteiger partial charge in [-0.25, -0.2) is 0 Å². The molecule has 4 rings (SSSR count). The van der Waals surface area contributed by atoms with E-state index in [4.69, 9.17) is 23.4 Å². The number of hydrogen-bond donors (Lipinski definition) is 0. The van der Waals surface area contributed by atoms with Gasteiger partial charge in [0.05, 0.1) is 47.4 Å². The molecule has 0 radical (unpaired) electrons. The lowest BCUT2D eigenvalue weighted by atomic mass is 10.1. The van der Waals surface area contributed by atoms with E-state index in [1.807, 2.05) is 24.3 Å². The van der Waals surface area contributed by atoms with E-state index in [9.17, 15) is 9.59 Å². The van der Waals surface area contributed by atoms with Crippen LogP contribution in [0.25, 0.3) is 0 Å². The van der Waals surface area contributed by atoms with Crippen LogP contribution in [0.5, 0.6) is 17.2 Å². The number of morpholine rings is 1. The lowest BCUT2D eigenvalue weighted by Crippen LogP contribution is -2.44. The lowest BCUT2D eigenvalue weighted by Gasteiger charge is -2.30. The first-order valence-corrected chi connectivity index (χ1v) is 14.2. The molecular weight excluding hydrogens is 538 g/mol. The Morgan fingerprint density at radius 1 is 0.881 bits per heavy atom. The zero-order valence-electron chi connectivity index (χ0n) is 24.8. The zero-order chi connectivity index (χ0) is 29.7. The van der Waals surface area contributed by atoms with Gasteiger partial charge in [-0.15, -0.1) is 0 Å². The monoisotopic (exact) mass is 579 g/mol. The van der Waals surface area contributed by atoms with E-state index in [2.05, 4.69) is 4.90 Å². The summed E-state index contributed by atoms with van der Waals surface area (Å²) in [7, 11) is 4.76. The standard InChI is InChI=1S/C32H41N3O7/c1-38-27-8-4-7-26(22-27)32(37)35(14-6-13-33-16-19-41-20-17-33)24-31(36)34(23-28-9-5-18-42-28)15-12-25-10-11-29(39-2)30(21-25)40-3/h4-5,7-11,18,21-22H,6,12-17,19-20,23-24H2,1-3H3. The average molecular weight is 580 g/mol. The molecule has 0 saturated carbocycles. The smallest absolute Gasteiger partial charge is 0.254 e. The molecule has 0 atom stereocenters. The molecule has 1 aliphatic heterocycles. The summed E-state index contributed by atoms with van der Waals surface area (Å²) in [5.41, 5.74) is 1.48. The van der Waals surface area contributed by atoms with Crippen molar-refractivity contribution in [3.63, 3.8) is 0 Å². The van der Waals surface area contributed by atoms with Crippen LogP contribution in [0.1, 0.15) is 28.1 Å². The van der Waals surface area contributed by atoms with Crippen molar-refractivity contribution < 1.29 is 33.0 Å². The molecule has 0 spiro atoms. The van der Waals surface area contributed by atoms with E-state index in [-0.39, 0.29) is 18.4 Å². The average Bonchev–Trinajstić information content (AvgIpc) is 3.55. The summed E-state index contributed by atoms with van der Waals surface area (Å²) in [6.07, 6.45) is 2.93. The number of furan rings is 1. The number of amides is 2. The molecule has 1 saturated heterocycles. The van der Waals surface area contributed by atoms with E-state index in [0.717, 1.165) is 31.6 Å². The van der Waals surface area contributed by atoms with Gasteiger partial charge in [0.15, 0.2) is 11.5 Å². The quantitative estimate of drug-likeness (QED) is 0.269. The van der Waals surface area contributed by atoms with Crippen LogP contribution in [0, 0.1) is 0 Å². The molecule has 1 aromatic heterocycles. The van der Waals surface area contributed by atoms with Crippen molar-refractivity contribution in [2.24, 2.45) is 0 Å². The second-order valence-corrected chi connectivity index (χ2v) is 10.1. The topological polar surface area (TPSA) is 93.9 Å². The van der Waals surface area contributed by atoms with E-state index in [0.29, 0.717) is 67.8 Å². The van der Waals surface area contributed by atoms with Crippen molar-refractivity contribution >= 4 is 11.8 Å². The van der Waals surface area contributed by atoms with Crippen molar-refractivity contribution in [3.8, 4) is 17.2 Å². The molecule has 10 heteroatoms. The maximum atomic E-state index is 13.8. The summed E-state index contributed by atoms with van der Waals surface area (Å²) >= 11 is 0. The Hall–Kier alpha value is -4.02. The fourth-order valence-electron chi connectivity index (χ4n) is 4.95. The summed E-state index contributed by atoms with van der Waals surface area (Å²) in [6, 6.07) is 16.4. The number of ether oxygens (including phenoxy) is 4. The normalized spacial score (nSPS) is 13.4. The van der Waals surface area contributed by atoms with Gasteiger partial charge >= 0.3 is 0 Å². The first kappa shape index (κ1) is 30.9. The van der Waals surface area contributed by atoms with Gasteiger partial charge in [0.25, 0.3) is 5.91 Å². The van der Waals surface area contributed by atoms with Crippen molar-refractivity contribution in [1.29, 1.82) is 0 Å². The Kier molecular flexibility index (Phi) is 11.7. The maximum absolute atomic E-state index is 13.8. The molecule has 42 heavy (non-hydrogen) atoms. The van der Waals surface area contributed by atoms with Crippen LogP contribution in [0.15, 0.2) is 65.3 Å². The van der Waals surface area contributed by atoms with Gasteiger partial charge in [0.1, 0.15) is 18.1 Å². The summed E-state index contributed by atoms with van der Waals surface area (Å²) in [4.78, 5) is 33.3. The molecule has 2 amide bonds. The molecule has 0 bridgehead atoms. The predicted octanol–water partition coefficient (Wildman–Crippen LogP) is 3.74. The largest absolute Gasteiger partial charge is 0.497 e. The minimum atomic E-state index is -0.206. The van der Waals surface area contributed by atoms with Crippen molar-refractivity contribution in [2.45, 2.75) is 19.4 Å². The molecule has 1 fully saturated rings. The van der Waals surface area contributed by atoms with E-state index >= 15 is 0 Å². The summed E-state index contributed by atoms with van der Waals surface area (Å²) < 4.78 is 27.2. The molecule has 0 N–H and O–H groups in total. The second-order valence-electron chi connectivity index (χ2n) is 10.1. The third kappa shape index (κ3) is 8.74. The molecule has 0 aliphatic carbocycles. The van der Waals surface area contributed by atoms with Gasteiger partial charge in [-0.05, 0) is 60.9 Å². The fourth-order valence-corrected chi connectivity index (χ4v) is 4.95. The van der Waals surface area contributed by atoms with Crippen LogP contribution in [0.4, 0.5) is 0 Å². The van der Waals surface area contributed by atoms with E-state index in [1.54, 1.807) is 67.7 Å². The molecule has 10 nitrogen and oxygen atoms in total. The minimum absolute atomic E-state index is 0.0498. The highest BCUT2D eigenvalue weighted by molar-refractivity contribution is 5.96. The van der Waals surface area contributed by atoms with Crippen molar-refractivity contribution in [1.82, 2.24) is 14.7 Å². The van der Waals surface area contributed by atoms with E-state index in [1.165, 1.54) is 0 Å². The number of rotatable bonds is 15. The maximum Gasteiger partial charge on any atom is 0.254 e. The lowest BCUT2D eigenvalue weighted by molar-refractivity contribution is -0.132. The number of carbonyl (C=O) groups excluding carboxylic acids is 2. The van der Waals surface area contributed by atoms with Gasteiger partial charge < -0.3 is 33.2 Å². The highest BCUT2D eigenvalue weighted by Gasteiger charge is 2.24. The fraction of sp³-hybridized carbons (Fsp3) is 0.438. The number of nitrogens with zero attached hydrogens (tertiary/aromatic N) is 3. The van der Waals surface area contributed by atoms with Gasteiger partial charge in [0.2, 0.25) is 5.91 Å². The summed E-state index contributed by atoms with van der Waals surface area (Å²) in [6.45, 7) is 5.13. The minimum Gasteiger partial charge on any atom is -0.497 e. The number of benzene rings is 2. The van der Waals surface area contributed by atoms with Crippen LogP contribution >= 0.6 is 0 Å². The first-order chi connectivity index (χ1) is 20.5. The highest BCUT2D eigenvalue weighted by Crippen LogP contribution is 2.28. The molecule has 0 unspecified atom stereocenters. The number of carbonyl (C=O) groups is 2. The van der Waals surface area contributed by atoms with Gasteiger partial charge in [-0.3, -0.25) is 14.5 Å². The predicted molar refractivity (Wildman–Crippen MR) is 158 cm³/mol. The molecule has 3 aromatic rings. The molecular formula is C32H41N3O7. The summed E-state index contributed by atoms with van der Waals surface area (Å²) in [5, 5.41) is 0. The van der Waals surface area contributed by atoms with E-state index < -0.39 is 0 Å². The van der Waals surface area contributed by atoms with Crippen LogP contribution in [0.3, 0.4) is 0 Å². The Morgan fingerprint density at radius 2 is 1.69 bits per heavy atom. The number of hydrogen-bond acceptors (Lipinski definition) is 8. The Bertz CT molecular complexity index is 1270. The van der Waals surface area contributed by atoms with Crippen LogP contribution in [-0.4, -0.2) is 100 Å².